The van der Waals surface area contributed by atoms with Crippen LogP contribution < -0.4 is 5.32 Å². The fraction of sp³-hybridized carbons (Fsp3) is 0.316. The highest BCUT2D eigenvalue weighted by molar-refractivity contribution is 7.99. The van der Waals surface area contributed by atoms with Gasteiger partial charge in [0.2, 0.25) is 5.91 Å². The molecule has 0 radical (unpaired) electrons. The molecule has 0 unspecified atom stereocenters. The predicted molar refractivity (Wildman–Crippen MR) is 110 cm³/mol. The van der Waals surface area contributed by atoms with Crippen LogP contribution in [0.1, 0.15) is 30.6 Å². The molecule has 3 heterocycles. The fourth-order valence-electron chi connectivity index (χ4n) is 2.61. The highest BCUT2D eigenvalue weighted by atomic mass is 32.2. The lowest BCUT2D eigenvalue weighted by Crippen LogP contribution is -2.16. The molecular weight excluding hydrogens is 398 g/mol. The number of aromatic nitrogens is 2. The second-order valence-corrected chi connectivity index (χ2v) is 7.61. The highest BCUT2D eigenvalue weighted by Gasteiger charge is 2.24. The van der Waals surface area contributed by atoms with Crippen molar-refractivity contribution in [3.05, 3.63) is 41.7 Å². The molecule has 0 bridgehead atoms. The SMILES string of the molecule is CCCn1ccnc1SCC(=O)Nc1scc(-c2ccco2)c1C(=O)OCC. The Labute approximate surface area is 171 Å². The van der Waals surface area contributed by atoms with E-state index in [0.717, 1.165) is 18.1 Å². The smallest absolute Gasteiger partial charge is 0.341 e. The lowest BCUT2D eigenvalue weighted by Gasteiger charge is -2.08. The molecule has 1 N–H and O–H groups in total. The first-order valence-electron chi connectivity index (χ1n) is 8.90. The zero-order valence-electron chi connectivity index (χ0n) is 15.6. The molecule has 148 valence electrons. The third-order valence-electron chi connectivity index (χ3n) is 3.78. The number of furan rings is 1. The van der Waals surface area contributed by atoms with E-state index in [1.165, 1.54) is 29.4 Å². The van der Waals surface area contributed by atoms with E-state index in [9.17, 15) is 9.59 Å². The number of rotatable bonds is 9. The van der Waals surface area contributed by atoms with Crippen molar-refractivity contribution in [1.29, 1.82) is 0 Å². The van der Waals surface area contributed by atoms with Crippen LogP contribution in [0.15, 0.2) is 45.7 Å². The molecule has 0 fully saturated rings. The minimum absolute atomic E-state index is 0.191. The summed E-state index contributed by atoms with van der Waals surface area (Å²) in [7, 11) is 0. The quantitative estimate of drug-likeness (QED) is 0.405. The summed E-state index contributed by atoms with van der Waals surface area (Å²) in [6, 6.07) is 3.51. The van der Waals surface area contributed by atoms with Crippen molar-refractivity contribution in [2.24, 2.45) is 0 Å². The van der Waals surface area contributed by atoms with Crippen LogP contribution in [-0.4, -0.2) is 33.8 Å². The number of thiophene rings is 1. The molecule has 9 heteroatoms. The van der Waals surface area contributed by atoms with Gasteiger partial charge in [-0.2, -0.15) is 0 Å². The lowest BCUT2D eigenvalue weighted by atomic mass is 10.1. The average molecular weight is 420 g/mol. The molecule has 0 atom stereocenters. The van der Waals surface area contributed by atoms with Crippen molar-refractivity contribution in [2.45, 2.75) is 32.0 Å². The van der Waals surface area contributed by atoms with Gasteiger partial charge < -0.3 is 19.0 Å². The Bertz CT molecular complexity index is 931. The van der Waals surface area contributed by atoms with Gasteiger partial charge in [-0.25, -0.2) is 9.78 Å². The number of anilines is 1. The van der Waals surface area contributed by atoms with Gasteiger partial charge in [-0.3, -0.25) is 4.79 Å². The second-order valence-electron chi connectivity index (χ2n) is 5.79. The summed E-state index contributed by atoms with van der Waals surface area (Å²) in [6.07, 6.45) is 6.15. The van der Waals surface area contributed by atoms with Gasteiger partial charge in [0.15, 0.2) is 5.16 Å². The molecule has 0 saturated heterocycles. The molecule has 3 rings (SSSR count). The zero-order chi connectivity index (χ0) is 19.9. The number of amides is 1. The van der Waals surface area contributed by atoms with Crippen LogP contribution in [0.2, 0.25) is 0 Å². The third kappa shape index (κ3) is 4.66. The van der Waals surface area contributed by atoms with Crippen LogP contribution in [0, 0.1) is 0 Å². The molecule has 3 aromatic rings. The normalized spacial score (nSPS) is 10.8. The molecule has 7 nitrogen and oxygen atoms in total. The van der Waals surface area contributed by atoms with Gasteiger partial charge in [0, 0.05) is 29.9 Å². The number of ether oxygens (including phenoxy) is 1. The molecule has 28 heavy (non-hydrogen) atoms. The molecule has 0 saturated carbocycles. The number of hydrogen-bond acceptors (Lipinski definition) is 7. The van der Waals surface area contributed by atoms with E-state index in [4.69, 9.17) is 9.15 Å². The maximum atomic E-state index is 12.5. The maximum absolute atomic E-state index is 12.5. The summed E-state index contributed by atoms with van der Waals surface area (Å²) in [5.74, 6) is 0.0403. The van der Waals surface area contributed by atoms with Gasteiger partial charge in [0.25, 0.3) is 0 Å². The predicted octanol–water partition coefficient (Wildman–Crippen LogP) is 4.52. The van der Waals surface area contributed by atoms with Crippen LogP contribution in [0.5, 0.6) is 0 Å². The second kappa shape index (κ2) is 9.61. The van der Waals surface area contributed by atoms with Crippen molar-refractivity contribution in [2.75, 3.05) is 17.7 Å². The summed E-state index contributed by atoms with van der Waals surface area (Å²) in [5.41, 5.74) is 0.919. The minimum atomic E-state index is -0.489. The number of nitrogens with one attached hydrogen (secondary N) is 1. The number of esters is 1. The first kappa shape index (κ1) is 20.2. The Morgan fingerprint density at radius 2 is 2.25 bits per heavy atom. The van der Waals surface area contributed by atoms with E-state index < -0.39 is 5.97 Å². The molecule has 1 amide bonds. The lowest BCUT2D eigenvalue weighted by molar-refractivity contribution is -0.113. The maximum Gasteiger partial charge on any atom is 0.341 e. The van der Waals surface area contributed by atoms with Crippen LogP contribution in [0.3, 0.4) is 0 Å². The molecule has 0 aliphatic carbocycles. The largest absolute Gasteiger partial charge is 0.464 e. The van der Waals surface area contributed by atoms with Crippen molar-refractivity contribution < 1.29 is 18.7 Å². The first-order valence-corrected chi connectivity index (χ1v) is 10.8. The Balaban J connectivity index is 1.73. The van der Waals surface area contributed by atoms with Gasteiger partial charge in [-0.15, -0.1) is 11.3 Å². The Hall–Kier alpha value is -2.52. The molecule has 0 spiro atoms. The summed E-state index contributed by atoms with van der Waals surface area (Å²) in [6.45, 7) is 4.93. The van der Waals surface area contributed by atoms with Crippen LogP contribution in [0.4, 0.5) is 5.00 Å². The first-order chi connectivity index (χ1) is 13.6. The van der Waals surface area contributed by atoms with Crippen molar-refractivity contribution in [3.8, 4) is 11.3 Å². The topological polar surface area (TPSA) is 86.4 Å². The van der Waals surface area contributed by atoms with Crippen molar-refractivity contribution in [3.63, 3.8) is 0 Å². The van der Waals surface area contributed by atoms with E-state index in [0.29, 0.717) is 21.9 Å². The molecule has 0 aromatic carbocycles. The summed E-state index contributed by atoms with van der Waals surface area (Å²) in [4.78, 5) is 29.2. The monoisotopic (exact) mass is 419 g/mol. The number of carbonyl (C=O) groups is 2. The average Bonchev–Trinajstić information content (AvgIpc) is 3.41. The summed E-state index contributed by atoms with van der Waals surface area (Å²) >= 11 is 2.63. The number of carbonyl (C=O) groups excluding carboxylic acids is 2. The Morgan fingerprint density at radius 3 is 2.96 bits per heavy atom. The summed E-state index contributed by atoms with van der Waals surface area (Å²) in [5, 5.41) is 5.85. The van der Waals surface area contributed by atoms with Crippen molar-refractivity contribution >= 4 is 40.0 Å². The standard InChI is InChI=1S/C19H21N3O4S2/c1-3-8-22-9-7-20-19(22)28-12-15(23)21-17-16(18(24)25-4-2)13(11-27-17)14-6-5-10-26-14/h5-7,9-11H,3-4,8,12H2,1-2H3,(H,21,23). The third-order valence-corrected chi connectivity index (χ3v) is 5.68. The number of aryl methyl sites for hydroxylation is 1. The number of hydrogen-bond donors (Lipinski definition) is 1. The molecule has 0 aliphatic rings. The van der Waals surface area contributed by atoms with Gasteiger partial charge >= 0.3 is 5.97 Å². The Morgan fingerprint density at radius 1 is 1.39 bits per heavy atom. The summed E-state index contributed by atoms with van der Waals surface area (Å²) < 4.78 is 12.6. The van der Waals surface area contributed by atoms with Gasteiger partial charge in [-0.05, 0) is 25.5 Å². The van der Waals surface area contributed by atoms with Gasteiger partial charge in [0.05, 0.1) is 18.6 Å². The van der Waals surface area contributed by atoms with E-state index in [-0.39, 0.29) is 18.3 Å². The molecule has 3 aromatic heterocycles. The van der Waals surface area contributed by atoms with E-state index in [2.05, 4.69) is 17.2 Å². The Kier molecular flexibility index (Phi) is 6.94. The highest BCUT2D eigenvalue weighted by Crippen LogP contribution is 2.36. The van der Waals surface area contributed by atoms with Gasteiger partial charge in [0.1, 0.15) is 16.3 Å². The zero-order valence-corrected chi connectivity index (χ0v) is 17.3. The van der Waals surface area contributed by atoms with Crippen LogP contribution in [0.25, 0.3) is 11.3 Å². The van der Waals surface area contributed by atoms with E-state index in [1.54, 1.807) is 30.6 Å². The molecule has 0 aliphatic heterocycles. The van der Waals surface area contributed by atoms with Gasteiger partial charge in [-0.1, -0.05) is 18.7 Å². The number of imidazole rings is 1. The minimum Gasteiger partial charge on any atom is -0.464 e. The van der Waals surface area contributed by atoms with Crippen molar-refractivity contribution in [1.82, 2.24) is 9.55 Å². The van der Waals surface area contributed by atoms with Crippen LogP contribution >= 0.6 is 23.1 Å². The van der Waals surface area contributed by atoms with E-state index in [1.807, 2.05) is 10.8 Å². The number of nitrogens with zero attached hydrogens (tertiary/aromatic N) is 2. The van der Waals surface area contributed by atoms with Crippen LogP contribution in [-0.2, 0) is 16.1 Å². The molecular formula is C19H21N3O4S2. The number of thioether (sulfide) groups is 1. The fourth-order valence-corrected chi connectivity index (χ4v) is 4.35. The van der Waals surface area contributed by atoms with E-state index >= 15 is 0 Å².